The summed E-state index contributed by atoms with van der Waals surface area (Å²) in [5, 5.41) is 5.21. The molecule has 0 atom stereocenters. The third kappa shape index (κ3) is 3.73. The number of pyridine rings is 1. The maximum Gasteiger partial charge on any atom is 0.276 e. The van der Waals surface area contributed by atoms with E-state index in [4.69, 9.17) is 4.74 Å². The number of carbonyl (C=O) groups is 1. The van der Waals surface area contributed by atoms with Crippen LogP contribution in [0.2, 0.25) is 0 Å². The number of amides is 1. The third-order valence-electron chi connectivity index (χ3n) is 3.08. The Labute approximate surface area is 138 Å². The molecule has 0 aliphatic carbocycles. The highest BCUT2D eigenvalue weighted by molar-refractivity contribution is 7.14. The summed E-state index contributed by atoms with van der Waals surface area (Å²) < 4.78 is 5.42. The van der Waals surface area contributed by atoms with Crippen molar-refractivity contribution in [3.63, 3.8) is 0 Å². The van der Waals surface area contributed by atoms with Gasteiger partial charge in [0.15, 0.2) is 5.13 Å². The Kier molecular flexibility index (Phi) is 4.63. The standard InChI is InChI=1S/C17H15N3O2S/c1-2-22-13-8-6-12(7-9-13)15-11-23-17(19-15)20-16(21)14-5-3-4-10-18-14/h3-11H,2H2,1H3,(H,19,20,21). The van der Waals surface area contributed by atoms with Crippen LogP contribution in [0.3, 0.4) is 0 Å². The number of aromatic nitrogens is 2. The molecule has 2 heterocycles. The van der Waals surface area contributed by atoms with Crippen LogP contribution in [0.5, 0.6) is 5.75 Å². The van der Waals surface area contributed by atoms with Gasteiger partial charge in [0.1, 0.15) is 11.4 Å². The van der Waals surface area contributed by atoms with Crippen LogP contribution in [0.25, 0.3) is 11.3 Å². The Morgan fingerprint density at radius 3 is 2.74 bits per heavy atom. The number of carbonyl (C=O) groups excluding carboxylic acids is 1. The van der Waals surface area contributed by atoms with Gasteiger partial charge in [0.25, 0.3) is 5.91 Å². The first-order valence-corrected chi connectivity index (χ1v) is 8.05. The quantitative estimate of drug-likeness (QED) is 0.774. The number of thiazole rings is 1. The summed E-state index contributed by atoms with van der Waals surface area (Å²) >= 11 is 1.38. The van der Waals surface area contributed by atoms with Crippen LogP contribution in [0.1, 0.15) is 17.4 Å². The lowest BCUT2D eigenvalue weighted by molar-refractivity contribution is 0.102. The summed E-state index contributed by atoms with van der Waals surface area (Å²) in [5.74, 6) is 0.563. The Balaban J connectivity index is 1.71. The fourth-order valence-corrected chi connectivity index (χ4v) is 2.73. The van der Waals surface area contributed by atoms with Gasteiger partial charge in [0.2, 0.25) is 0 Å². The van der Waals surface area contributed by atoms with E-state index in [1.807, 2.05) is 36.6 Å². The maximum absolute atomic E-state index is 12.1. The summed E-state index contributed by atoms with van der Waals surface area (Å²) in [7, 11) is 0. The van der Waals surface area contributed by atoms with Crippen molar-refractivity contribution >= 4 is 22.4 Å². The molecule has 0 saturated heterocycles. The largest absolute Gasteiger partial charge is 0.494 e. The van der Waals surface area contributed by atoms with Gasteiger partial charge in [-0.3, -0.25) is 15.1 Å². The van der Waals surface area contributed by atoms with Gasteiger partial charge >= 0.3 is 0 Å². The van der Waals surface area contributed by atoms with Crippen LogP contribution in [0.4, 0.5) is 5.13 Å². The Morgan fingerprint density at radius 2 is 2.04 bits per heavy atom. The van der Waals surface area contributed by atoms with E-state index >= 15 is 0 Å². The van der Waals surface area contributed by atoms with Crippen LogP contribution in [0, 0.1) is 0 Å². The lowest BCUT2D eigenvalue weighted by Crippen LogP contribution is -2.13. The van der Waals surface area contributed by atoms with Crippen molar-refractivity contribution < 1.29 is 9.53 Å². The number of nitrogens with one attached hydrogen (secondary N) is 1. The molecule has 0 aliphatic rings. The summed E-state index contributed by atoms with van der Waals surface area (Å²) in [4.78, 5) is 20.5. The smallest absolute Gasteiger partial charge is 0.276 e. The minimum absolute atomic E-state index is 0.266. The van der Waals surface area contributed by atoms with Gasteiger partial charge in [-0.05, 0) is 43.3 Å². The van der Waals surface area contributed by atoms with Gasteiger partial charge in [0.05, 0.1) is 12.3 Å². The minimum Gasteiger partial charge on any atom is -0.494 e. The number of benzene rings is 1. The van der Waals surface area contributed by atoms with E-state index in [1.165, 1.54) is 11.3 Å². The van der Waals surface area contributed by atoms with Crippen LogP contribution < -0.4 is 10.1 Å². The topological polar surface area (TPSA) is 64.1 Å². The molecule has 0 fully saturated rings. The third-order valence-corrected chi connectivity index (χ3v) is 3.84. The number of rotatable bonds is 5. The molecular weight excluding hydrogens is 310 g/mol. The van der Waals surface area contributed by atoms with E-state index in [0.717, 1.165) is 17.0 Å². The second kappa shape index (κ2) is 7.02. The van der Waals surface area contributed by atoms with Crippen LogP contribution in [-0.2, 0) is 0 Å². The van der Waals surface area contributed by atoms with Crippen molar-refractivity contribution in [2.75, 3.05) is 11.9 Å². The van der Waals surface area contributed by atoms with Gasteiger partial charge in [-0.15, -0.1) is 11.3 Å². The molecule has 0 saturated carbocycles. The molecule has 0 bridgehead atoms. The molecule has 23 heavy (non-hydrogen) atoms. The van der Waals surface area contributed by atoms with Gasteiger partial charge in [-0.25, -0.2) is 4.98 Å². The normalized spacial score (nSPS) is 10.3. The molecule has 3 aromatic rings. The number of hydrogen-bond donors (Lipinski definition) is 1. The number of hydrogen-bond acceptors (Lipinski definition) is 5. The molecule has 1 aromatic carbocycles. The molecule has 1 N–H and O–H groups in total. The average molecular weight is 325 g/mol. The molecule has 0 radical (unpaired) electrons. The molecule has 0 spiro atoms. The van der Waals surface area contributed by atoms with Crippen LogP contribution >= 0.6 is 11.3 Å². The molecular formula is C17H15N3O2S. The summed E-state index contributed by atoms with van der Waals surface area (Å²) in [6.45, 7) is 2.59. The van der Waals surface area contributed by atoms with E-state index in [2.05, 4.69) is 15.3 Å². The maximum atomic E-state index is 12.1. The highest BCUT2D eigenvalue weighted by Crippen LogP contribution is 2.26. The number of nitrogens with zero attached hydrogens (tertiary/aromatic N) is 2. The Morgan fingerprint density at radius 1 is 1.22 bits per heavy atom. The SMILES string of the molecule is CCOc1ccc(-c2csc(NC(=O)c3ccccn3)n2)cc1. The van der Waals surface area contributed by atoms with Gasteiger partial charge < -0.3 is 4.74 Å². The van der Waals surface area contributed by atoms with E-state index < -0.39 is 0 Å². The van der Waals surface area contributed by atoms with Crippen molar-refractivity contribution in [1.82, 2.24) is 9.97 Å². The van der Waals surface area contributed by atoms with Crippen molar-refractivity contribution in [3.8, 4) is 17.0 Å². The molecule has 0 unspecified atom stereocenters. The highest BCUT2D eigenvalue weighted by atomic mass is 32.1. The summed E-state index contributed by atoms with van der Waals surface area (Å²) in [5.41, 5.74) is 2.16. The van der Waals surface area contributed by atoms with Crippen molar-refractivity contribution in [3.05, 3.63) is 59.7 Å². The summed E-state index contributed by atoms with van der Waals surface area (Å²) in [6.07, 6.45) is 1.59. The lowest BCUT2D eigenvalue weighted by Gasteiger charge is -2.03. The molecule has 5 nitrogen and oxygen atoms in total. The molecule has 6 heteroatoms. The molecule has 3 rings (SSSR count). The zero-order chi connectivity index (χ0) is 16.1. The molecule has 2 aromatic heterocycles. The number of anilines is 1. The molecule has 1 amide bonds. The summed E-state index contributed by atoms with van der Waals surface area (Å²) in [6, 6.07) is 12.9. The van der Waals surface area contributed by atoms with Gasteiger partial charge in [-0.1, -0.05) is 6.07 Å². The second-order valence-corrected chi connectivity index (χ2v) is 5.52. The zero-order valence-electron chi connectivity index (χ0n) is 12.5. The monoisotopic (exact) mass is 325 g/mol. The zero-order valence-corrected chi connectivity index (χ0v) is 13.3. The van der Waals surface area contributed by atoms with Crippen LogP contribution in [-0.4, -0.2) is 22.5 Å². The molecule has 116 valence electrons. The Bertz CT molecular complexity index is 785. The van der Waals surface area contributed by atoms with Gasteiger partial charge in [0, 0.05) is 17.1 Å². The van der Waals surface area contributed by atoms with E-state index in [-0.39, 0.29) is 5.91 Å². The highest BCUT2D eigenvalue weighted by Gasteiger charge is 2.10. The minimum atomic E-state index is -0.266. The fraction of sp³-hybridized carbons (Fsp3) is 0.118. The fourth-order valence-electron chi connectivity index (χ4n) is 2.01. The average Bonchev–Trinajstić information content (AvgIpc) is 3.05. The molecule has 0 aliphatic heterocycles. The van der Waals surface area contributed by atoms with Crippen LogP contribution in [0.15, 0.2) is 54.0 Å². The van der Waals surface area contributed by atoms with Crippen molar-refractivity contribution in [2.45, 2.75) is 6.92 Å². The predicted octanol–water partition coefficient (Wildman–Crippen LogP) is 3.86. The van der Waals surface area contributed by atoms with E-state index in [0.29, 0.717) is 17.4 Å². The number of ether oxygens (including phenoxy) is 1. The van der Waals surface area contributed by atoms with E-state index in [9.17, 15) is 4.79 Å². The second-order valence-electron chi connectivity index (χ2n) is 4.66. The van der Waals surface area contributed by atoms with Gasteiger partial charge in [-0.2, -0.15) is 0 Å². The van der Waals surface area contributed by atoms with E-state index in [1.54, 1.807) is 24.4 Å². The first-order chi connectivity index (χ1) is 11.3. The first kappa shape index (κ1) is 15.2. The first-order valence-electron chi connectivity index (χ1n) is 7.17. The lowest BCUT2D eigenvalue weighted by atomic mass is 10.2. The Hall–Kier alpha value is -2.73. The van der Waals surface area contributed by atoms with Crippen molar-refractivity contribution in [1.29, 1.82) is 0 Å². The van der Waals surface area contributed by atoms with Crippen molar-refractivity contribution in [2.24, 2.45) is 0 Å². The predicted molar refractivity (Wildman–Crippen MR) is 90.9 cm³/mol.